The lowest BCUT2D eigenvalue weighted by Gasteiger charge is -2.21. The molecule has 0 amide bonds. The molecule has 4 rings (SSSR count). The molecule has 0 aliphatic heterocycles. The summed E-state index contributed by atoms with van der Waals surface area (Å²) in [6.45, 7) is 8.47. The number of para-hydroxylation sites is 1. The minimum absolute atomic E-state index is 0.120. The molecule has 5 heteroatoms. The summed E-state index contributed by atoms with van der Waals surface area (Å²) in [4.78, 5) is 8.69. The average Bonchev–Trinajstić information content (AvgIpc) is 3.06. The standard InChI is InChI=1S/C23H24N4O/c1-15-7-5-6-8-19(15)28-17-11-9-16(10-12-17)18-13-27(23(2,3)4)22-20(18)21(24)25-14-26-22/h5-14H,1-4H3,(H2,24,25,26). The molecule has 2 aromatic carbocycles. The predicted octanol–water partition coefficient (Wildman–Crippen LogP) is 5.54. The zero-order valence-corrected chi connectivity index (χ0v) is 16.6. The Morgan fingerprint density at radius 2 is 1.68 bits per heavy atom. The highest BCUT2D eigenvalue weighted by Gasteiger charge is 2.21. The summed E-state index contributed by atoms with van der Waals surface area (Å²) in [6, 6.07) is 16.0. The maximum atomic E-state index is 6.21. The van der Waals surface area contributed by atoms with Gasteiger partial charge in [0.25, 0.3) is 0 Å². The highest BCUT2D eigenvalue weighted by atomic mass is 16.5. The van der Waals surface area contributed by atoms with Gasteiger partial charge in [0.2, 0.25) is 0 Å². The second kappa shape index (κ2) is 6.68. The maximum Gasteiger partial charge on any atom is 0.146 e. The molecular weight excluding hydrogens is 348 g/mol. The molecule has 4 aromatic rings. The van der Waals surface area contributed by atoms with Gasteiger partial charge in [-0.3, -0.25) is 0 Å². The van der Waals surface area contributed by atoms with Crippen LogP contribution in [0.4, 0.5) is 5.82 Å². The Morgan fingerprint density at radius 3 is 2.36 bits per heavy atom. The number of nitrogens with two attached hydrogens (primary N) is 1. The van der Waals surface area contributed by atoms with Gasteiger partial charge in [-0.25, -0.2) is 9.97 Å². The third-order valence-electron chi connectivity index (χ3n) is 4.82. The number of ether oxygens (including phenoxy) is 1. The van der Waals surface area contributed by atoms with Crippen molar-refractivity contribution in [1.29, 1.82) is 0 Å². The van der Waals surface area contributed by atoms with E-state index in [1.54, 1.807) is 0 Å². The molecule has 5 nitrogen and oxygen atoms in total. The van der Waals surface area contributed by atoms with Crippen LogP contribution in [-0.4, -0.2) is 14.5 Å². The molecule has 2 aromatic heterocycles. The van der Waals surface area contributed by atoms with Crippen molar-refractivity contribution in [2.24, 2.45) is 0 Å². The Kier molecular flexibility index (Phi) is 4.30. The van der Waals surface area contributed by atoms with E-state index in [0.717, 1.165) is 39.2 Å². The van der Waals surface area contributed by atoms with Gasteiger partial charge < -0.3 is 15.0 Å². The van der Waals surface area contributed by atoms with Crippen LogP contribution < -0.4 is 10.5 Å². The lowest BCUT2D eigenvalue weighted by molar-refractivity contribution is 0.408. The van der Waals surface area contributed by atoms with E-state index in [1.807, 2.05) is 55.5 Å². The second-order valence-corrected chi connectivity index (χ2v) is 7.93. The van der Waals surface area contributed by atoms with Crippen LogP contribution in [0.2, 0.25) is 0 Å². The molecule has 2 heterocycles. The normalized spacial score (nSPS) is 11.7. The largest absolute Gasteiger partial charge is 0.457 e. The summed E-state index contributed by atoms with van der Waals surface area (Å²) in [6.07, 6.45) is 3.62. The highest BCUT2D eigenvalue weighted by Crippen LogP contribution is 2.36. The van der Waals surface area contributed by atoms with Gasteiger partial charge in [0.1, 0.15) is 29.3 Å². The van der Waals surface area contributed by atoms with Crippen molar-refractivity contribution in [3.8, 4) is 22.6 Å². The fourth-order valence-electron chi connectivity index (χ4n) is 3.32. The van der Waals surface area contributed by atoms with E-state index in [4.69, 9.17) is 10.5 Å². The number of aryl methyl sites for hydroxylation is 1. The molecule has 0 unspecified atom stereocenters. The molecule has 2 N–H and O–H groups in total. The first-order valence-electron chi connectivity index (χ1n) is 9.30. The molecule has 0 aliphatic carbocycles. The zero-order chi connectivity index (χ0) is 19.9. The van der Waals surface area contributed by atoms with Gasteiger partial charge >= 0.3 is 0 Å². The smallest absolute Gasteiger partial charge is 0.146 e. The topological polar surface area (TPSA) is 66.0 Å². The van der Waals surface area contributed by atoms with Crippen LogP contribution in [0.3, 0.4) is 0 Å². The minimum atomic E-state index is -0.120. The molecule has 0 spiro atoms. The summed E-state index contributed by atoms with van der Waals surface area (Å²) >= 11 is 0. The number of benzene rings is 2. The number of fused-ring (bicyclic) bond motifs is 1. The number of nitrogens with zero attached hydrogens (tertiary/aromatic N) is 3. The van der Waals surface area contributed by atoms with Crippen molar-refractivity contribution < 1.29 is 4.74 Å². The van der Waals surface area contributed by atoms with Crippen molar-refractivity contribution in [3.05, 3.63) is 66.6 Å². The Bertz CT molecular complexity index is 1140. The quantitative estimate of drug-likeness (QED) is 0.513. The van der Waals surface area contributed by atoms with Crippen LogP contribution >= 0.6 is 0 Å². The molecule has 28 heavy (non-hydrogen) atoms. The van der Waals surface area contributed by atoms with Gasteiger partial charge in [-0.15, -0.1) is 0 Å². The lowest BCUT2D eigenvalue weighted by atomic mass is 10.1. The van der Waals surface area contributed by atoms with E-state index in [1.165, 1.54) is 6.33 Å². The van der Waals surface area contributed by atoms with Crippen molar-refractivity contribution in [2.75, 3.05) is 5.73 Å². The molecule has 0 aliphatic rings. The fourth-order valence-corrected chi connectivity index (χ4v) is 3.32. The van der Waals surface area contributed by atoms with E-state index in [-0.39, 0.29) is 5.54 Å². The van der Waals surface area contributed by atoms with Crippen LogP contribution in [0.15, 0.2) is 61.1 Å². The Hall–Kier alpha value is -3.34. The van der Waals surface area contributed by atoms with E-state index >= 15 is 0 Å². The van der Waals surface area contributed by atoms with Gasteiger partial charge in [-0.2, -0.15) is 0 Å². The Labute approximate surface area is 164 Å². The Morgan fingerprint density at radius 1 is 0.964 bits per heavy atom. The predicted molar refractivity (Wildman–Crippen MR) is 114 cm³/mol. The van der Waals surface area contributed by atoms with Gasteiger partial charge in [-0.05, 0) is 57.0 Å². The molecule has 0 saturated heterocycles. The van der Waals surface area contributed by atoms with Gasteiger partial charge in [0.15, 0.2) is 0 Å². The average molecular weight is 372 g/mol. The zero-order valence-electron chi connectivity index (χ0n) is 16.6. The second-order valence-electron chi connectivity index (χ2n) is 7.93. The minimum Gasteiger partial charge on any atom is -0.457 e. The number of hydrogen-bond acceptors (Lipinski definition) is 4. The first-order valence-corrected chi connectivity index (χ1v) is 9.30. The SMILES string of the molecule is Cc1ccccc1Oc1ccc(-c2cn(C(C)(C)C)c3ncnc(N)c23)cc1. The number of anilines is 1. The van der Waals surface area contributed by atoms with Crippen LogP contribution in [-0.2, 0) is 5.54 Å². The van der Waals surface area contributed by atoms with Crippen molar-refractivity contribution in [1.82, 2.24) is 14.5 Å². The monoisotopic (exact) mass is 372 g/mol. The summed E-state index contributed by atoms with van der Waals surface area (Å²) in [7, 11) is 0. The number of hydrogen-bond donors (Lipinski definition) is 1. The van der Waals surface area contributed by atoms with E-state index in [0.29, 0.717) is 5.82 Å². The molecule has 0 radical (unpaired) electrons. The molecular formula is C23H24N4O. The highest BCUT2D eigenvalue weighted by molar-refractivity contribution is 6.00. The molecule has 0 bridgehead atoms. The number of aromatic nitrogens is 3. The first kappa shape index (κ1) is 18.0. The maximum absolute atomic E-state index is 6.21. The van der Waals surface area contributed by atoms with Gasteiger partial charge in [-0.1, -0.05) is 30.3 Å². The fraction of sp³-hybridized carbons (Fsp3) is 0.217. The van der Waals surface area contributed by atoms with E-state index in [9.17, 15) is 0 Å². The van der Waals surface area contributed by atoms with Crippen LogP contribution in [0.1, 0.15) is 26.3 Å². The third-order valence-corrected chi connectivity index (χ3v) is 4.82. The summed E-state index contributed by atoms with van der Waals surface area (Å²) in [5, 5.41) is 0.880. The molecule has 0 fully saturated rings. The van der Waals surface area contributed by atoms with Gasteiger partial charge in [0.05, 0.1) is 5.39 Å². The van der Waals surface area contributed by atoms with Crippen LogP contribution in [0.25, 0.3) is 22.2 Å². The molecule has 142 valence electrons. The van der Waals surface area contributed by atoms with E-state index in [2.05, 4.69) is 41.5 Å². The first-order chi connectivity index (χ1) is 13.3. The van der Waals surface area contributed by atoms with Crippen LogP contribution in [0.5, 0.6) is 11.5 Å². The summed E-state index contributed by atoms with van der Waals surface area (Å²) in [5.74, 6) is 2.14. The van der Waals surface area contributed by atoms with Gasteiger partial charge in [0, 0.05) is 17.3 Å². The van der Waals surface area contributed by atoms with Crippen molar-refractivity contribution in [3.63, 3.8) is 0 Å². The third kappa shape index (κ3) is 3.20. The van der Waals surface area contributed by atoms with Crippen molar-refractivity contribution >= 4 is 16.9 Å². The molecule has 0 atom stereocenters. The Balaban J connectivity index is 1.76. The summed E-state index contributed by atoms with van der Waals surface area (Å²) in [5.41, 5.74) is 10.1. The summed E-state index contributed by atoms with van der Waals surface area (Å²) < 4.78 is 8.16. The van der Waals surface area contributed by atoms with E-state index < -0.39 is 0 Å². The number of rotatable bonds is 3. The number of nitrogen functional groups attached to an aromatic ring is 1. The molecule has 0 saturated carbocycles. The lowest BCUT2D eigenvalue weighted by Crippen LogP contribution is -2.21. The van der Waals surface area contributed by atoms with Crippen LogP contribution in [0, 0.1) is 6.92 Å². The van der Waals surface area contributed by atoms with Crippen molar-refractivity contribution in [2.45, 2.75) is 33.2 Å².